The molecule has 0 aromatic heterocycles. The van der Waals surface area contributed by atoms with Gasteiger partial charge in [0.05, 0.1) is 0 Å². The van der Waals surface area contributed by atoms with Gasteiger partial charge in [-0.2, -0.15) is 0 Å². The van der Waals surface area contributed by atoms with E-state index in [0.29, 0.717) is 6.04 Å². The minimum atomic E-state index is 0.254. The highest BCUT2D eigenvalue weighted by molar-refractivity contribution is 5.43. The third-order valence-corrected chi connectivity index (χ3v) is 2.31. The van der Waals surface area contributed by atoms with Gasteiger partial charge in [0.25, 0.3) is 0 Å². The van der Waals surface area contributed by atoms with Crippen molar-refractivity contribution in [1.29, 1.82) is 0 Å². The van der Waals surface area contributed by atoms with Crippen LogP contribution in [0.25, 0.3) is 0 Å². The van der Waals surface area contributed by atoms with Gasteiger partial charge in [-0.1, -0.05) is 24.3 Å². The molecular weight excluding hydrogens is 186 g/mol. The molecule has 0 bridgehead atoms. The summed E-state index contributed by atoms with van der Waals surface area (Å²) < 4.78 is 0. The van der Waals surface area contributed by atoms with E-state index >= 15 is 0 Å². The van der Waals surface area contributed by atoms with Gasteiger partial charge < -0.3 is 10.4 Å². The Morgan fingerprint density at radius 3 is 2.67 bits per heavy atom. The van der Waals surface area contributed by atoms with E-state index in [2.05, 4.69) is 24.0 Å². The predicted molar refractivity (Wildman–Crippen MR) is 65.0 cm³/mol. The first kappa shape index (κ1) is 11.8. The van der Waals surface area contributed by atoms with Crippen LogP contribution >= 0.6 is 0 Å². The molecule has 2 N–H and O–H groups in total. The molecule has 2 nitrogen and oxygen atoms in total. The zero-order valence-corrected chi connectivity index (χ0v) is 9.02. The van der Waals surface area contributed by atoms with E-state index in [4.69, 9.17) is 5.11 Å². The molecule has 0 aliphatic carbocycles. The first-order valence-electron chi connectivity index (χ1n) is 5.40. The van der Waals surface area contributed by atoms with Gasteiger partial charge in [0.1, 0.15) is 0 Å². The molecule has 1 aromatic rings. The van der Waals surface area contributed by atoms with Crippen LogP contribution in [0.2, 0.25) is 0 Å². The molecule has 0 saturated heterocycles. The lowest BCUT2D eigenvalue weighted by molar-refractivity contribution is 0.281. The largest absolute Gasteiger partial charge is 0.396 e. The fourth-order valence-electron chi connectivity index (χ4n) is 1.56. The fourth-order valence-corrected chi connectivity index (χ4v) is 1.56. The van der Waals surface area contributed by atoms with Crippen molar-refractivity contribution in [2.45, 2.75) is 25.3 Å². The van der Waals surface area contributed by atoms with Gasteiger partial charge in [-0.25, -0.2) is 0 Å². The van der Waals surface area contributed by atoms with Crippen LogP contribution in [0, 0.1) is 0 Å². The maximum absolute atomic E-state index is 8.80. The Balaban J connectivity index is 2.46. The summed E-state index contributed by atoms with van der Waals surface area (Å²) in [5.41, 5.74) is 1.13. The smallest absolute Gasteiger partial charge is 0.0431 e. The highest BCUT2D eigenvalue weighted by Gasteiger charge is 2.05. The van der Waals surface area contributed by atoms with Crippen molar-refractivity contribution in [2.75, 3.05) is 11.9 Å². The molecule has 0 aliphatic heterocycles. The molecule has 0 saturated carbocycles. The number of hydrogen-bond donors (Lipinski definition) is 2. The van der Waals surface area contributed by atoms with Crippen LogP contribution in [0.5, 0.6) is 0 Å². The number of para-hydroxylation sites is 1. The maximum atomic E-state index is 8.80. The molecule has 0 spiro atoms. The van der Waals surface area contributed by atoms with Crippen LogP contribution in [0.4, 0.5) is 5.69 Å². The van der Waals surface area contributed by atoms with E-state index in [1.807, 2.05) is 24.3 Å². The Hall–Kier alpha value is -1.28. The van der Waals surface area contributed by atoms with Gasteiger partial charge in [0.2, 0.25) is 0 Å². The fraction of sp³-hybridized carbons (Fsp3) is 0.385. The van der Waals surface area contributed by atoms with E-state index in [1.54, 1.807) is 0 Å². The molecule has 15 heavy (non-hydrogen) atoms. The average molecular weight is 205 g/mol. The van der Waals surface area contributed by atoms with Crippen molar-refractivity contribution in [3.8, 4) is 0 Å². The van der Waals surface area contributed by atoms with Crippen LogP contribution < -0.4 is 5.32 Å². The monoisotopic (exact) mass is 205 g/mol. The van der Waals surface area contributed by atoms with Gasteiger partial charge in [-0.3, -0.25) is 0 Å². The number of aliphatic hydroxyl groups excluding tert-OH is 1. The molecule has 0 heterocycles. The summed E-state index contributed by atoms with van der Waals surface area (Å²) in [6.07, 6.45) is 4.64. The third-order valence-electron chi connectivity index (χ3n) is 2.31. The number of aliphatic hydroxyl groups is 1. The molecule has 1 unspecified atom stereocenters. The summed E-state index contributed by atoms with van der Waals surface area (Å²) >= 11 is 0. The summed E-state index contributed by atoms with van der Waals surface area (Å²) in [7, 11) is 0. The second-order valence-corrected chi connectivity index (χ2v) is 3.60. The van der Waals surface area contributed by atoms with Gasteiger partial charge in [-0.05, 0) is 31.4 Å². The topological polar surface area (TPSA) is 32.3 Å². The lowest BCUT2D eigenvalue weighted by Crippen LogP contribution is -2.18. The minimum absolute atomic E-state index is 0.254. The lowest BCUT2D eigenvalue weighted by atomic mass is 10.1. The number of nitrogens with one attached hydrogen (secondary N) is 1. The van der Waals surface area contributed by atoms with Crippen LogP contribution in [-0.4, -0.2) is 17.8 Å². The Morgan fingerprint density at radius 1 is 1.33 bits per heavy atom. The summed E-state index contributed by atoms with van der Waals surface area (Å²) in [6, 6.07) is 10.5. The molecule has 1 aromatic carbocycles. The Kier molecular flexibility index (Phi) is 5.56. The zero-order chi connectivity index (χ0) is 10.9. The first-order chi connectivity index (χ1) is 7.36. The Labute approximate surface area is 91.6 Å². The van der Waals surface area contributed by atoms with Crippen LogP contribution in [0.1, 0.15) is 19.3 Å². The van der Waals surface area contributed by atoms with E-state index < -0.39 is 0 Å². The SMILES string of the molecule is C=CCC(CCCO)Nc1ccccc1. The molecule has 2 heteroatoms. The number of anilines is 1. The molecule has 1 atom stereocenters. The normalized spacial score (nSPS) is 12.1. The van der Waals surface area contributed by atoms with Crippen LogP contribution in [0.3, 0.4) is 0 Å². The molecule has 0 aliphatic rings. The minimum Gasteiger partial charge on any atom is -0.396 e. The van der Waals surface area contributed by atoms with Crippen molar-refractivity contribution >= 4 is 5.69 Å². The number of benzene rings is 1. The summed E-state index contributed by atoms with van der Waals surface area (Å²) in [6.45, 7) is 4.00. The predicted octanol–water partition coefficient (Wildman–Crippen LogP) is 2.82. The van der Waals surface area contributed by atoms with E-state index in [9.17, 15) is 0 Å². The number of rotatable bonds is 7. The van der Waals surface area contributed by atoms with Crippen LogP contribution in [0.15, 0.2) is 43.0 Å². The van der Waals surface area contributed by atoms with Gasteiger partial charge in [0, 0.05) is 18.3 Å². The average Bonchev–Trinajstić information content (AvgIpc) is 2.28. The summed E-state index contributed by atoms with van der Waals surface area (Å²) in [5.74, 6) is 0. The molecule has 0 radical (unpaired) electrons. The maximum Gasteiger partial charge on any atom is 0.0431 e. The second kappa shape index (κ2) is 7.07. The molecular formula is C13H19NO. The Bertz CT molecular complexity index is 271. The molecule has 0 amide bonds. The van der Waals surface area contributed by atoms with E-state index in [1.165, 1.54) is 0 Å². The lowest BCUT2D eigenvalue weighted by Gasteiger charge is -2.17. The first-order valence-corrected chi connectivity index (χ1v) is 5.40. The van der Waals surface area contributed by atoms with Crippen molar-refractivity contribution in [3.63, 3.8) is 0 Å². The number of hydrogen-bond acceptors (Lipinski definition) is 2. The van der Waals surface area contributed by atoms with Gasteiger partial charge in [0.15, 0.2) is 0 Å². The second-order valence-electron chi connectivity index (χ2n) is 3.60. The summed E-state index contributed by atoms with van der Waals surface area (Å²) in [5, 5.41) is 12.2. The van der Waals surface area contributed by atoms with Crippen molar-refractivity contribution in [1.82, 2.24) is 0 Å². The zero-order valence-electron chi connectivity index (χ0n) is 9.02. The Morgan fingerprint density at radius 2 is 2.07 bits per heavy atom. The third kappa shape index (κ3) is 4.66. The quantitative estimate of drug-likeness (QED) is 0.671. The highest BCUT2D eigenvalue weighted by atomic mass is 16.2. The molecule has 1 rings (SSSR count). The summed E-state index contributed by atoms with van der Waals surface area (Å²) in [4.78, 5) is 0. The highest BCUT2D eigenvalue weighted by Crippen LogP contribution is 2.12. The van der Waals surface area contributed by atoms with Gasteiger partial charge >= 0.3 is 0 Å². The van der Waals surface area contributed by atoms with E-state index in [0.717, 1.165) is 24.9 Å². The van der Waals surface area contributed by atoms with Crippen molar-refractivity contribution in [2.24, 2.45) is 0 Å². The molecule has 82 valence electrons. The van der Waals surface area contributed by atoms with Gasteiger partial charge in [-0.15, -0.1) is 6.58 Å². The molecule has 0 fully saturated rings. The van der Waals surface area contributed by atoms with Crippen LogP contribution in [-0.2, 0) is 0 Å². The van der Waals surface area contributed by atoms with Crippen molar-refractivity contribution < 1.29 is 5.11 Å². The standard InChI is InChI=1S/C13H19NO/c1-2-7-12(10-6-11-15)14-13-8-4-3-5-9-13/h2-5,8-9,12,14-15H,1,6-7,10-11H2. The van der Waals surface area contributed by atoms with E-state index in [-0.39, 0.29) is 6.61 Å². The van der Waals surface area contributed by atoms with Crippen molar-refractivity contribution in [3.05, 3.63) is 43.0 Å².